The van der Waals surface area contributed by atoms with E-state index in [1.165, 1.54) is 27.1 Å². The highest BCUT2D eigenvalue weighted by molar-refractivity contribution is 6.04. The first-order valence-electron chi connectivity index (χ1n) is 20.8. The number of anilines is 3. The molecule has 0 aliphatic carbocycles. The van der Waals surface area contributed by atoms with Gasteiger partial charge >= 0.3 is 0 Å². The fraction of sp³-hybridized carbons (Fsp3) is 0. The molecule has 0 saturated heterocycles. The Bertz CT molecular complexity index is 3150. The van der Waals surface area contributed by atoms with Crippen molar-refractivity contribution in [2.45, 2.75) is 0 Å². The van der Waals surface area contributed by atoms with Crippen molar-refractivity contribution in [3.05, 3.63) is 237 Å². The van der Waals surface area contributed by atoms with E-state index >= 15 is 0 Å². The van der Waals surface area contributed by atoms with Crippen LogP contribution < -0.4 is 4.90 Å². The van der Waals surface area contributed by atoms with E-state index in [0.29, 0.717) is 16.8 Å². The van der Waals surface area contributed by atoms with Gasteiger partial charge in [-0.05, 0) is 114 Å². The van der Waals surface area contributed by atoms with Crippen molar-refractivity contribution >= 4 is 38.6 Å². The Morgan fingerprint density at radius 2 is 0.807 bits per heavy atom. The summed E-state index contributed by atoms with van der Waals surface area (Å²) in [6, 6.07) is 75.0. The third-order valence-electron chi connectivity index (χ3n) is 10.8. The summed E-state index contributed by atoms with van der Waals surface area (Å²) in [7, 11) is 0. The van der Waals surface area contributed by atoms with Gasteiger partial charge in [0, 0.05) is 16.9 Å². The molecule has 0 atom stereocenters. The molecule has 1 nitrogen and oxygen atoms in total. The van der Waals surface area contributed by atoms with Crippen LogP contribution >= 0.6 is 0 Å². The zero-order chi connectivity index (χ0) is 40.6. The molecule has 0 heterocycles. The fourth-order valence-electron chi connectivity index (χ4n) is 7.93. The number of hydrogen-bond donors (Lipinski definition) is 0. The standard InChI is InChI=1S/C56H39N/c1-4-14-40(15-5-1)49-31-37-55(54(39-49)43-17-6-2-7-18-43)57(50-32-26-42(27-33-50)48-25-24-41-16-10-11-22-47(41)38-48)51-34-28-45(29-35-51)53-36-30-44-19-12-13-23-52(44)56(53)46-20-8-3-9-21-46/h1-39H/i31D,37D,39D. The van der Waals surface area contributed by atoms with E-state index in [1.54, 1.807) is 0 Å². The molecule has 0 unspecified atom stereocenters. The van der Waals surface area contributed by atoms with E-state index < -0.39 is 0 Å². The molecule has 0 bridgehead atoms. The molecule has 0 amide bonds. The molecule has 10 aromatic rings. The zero-order valence-electron chi connectivity index (χ0n) is 34.2. The van der Waals surface area contributed by atoms with Crippen molar-refractivity contribution in [1.82, 2.24) is 0 Å². The van der Waals surface area contributed by atoms with Gasteiger partial charge in [-0.2, -0.15) is 0 Å². The summed E-state index contributed by atoms with van der Waals surface area (Å²) in [5.74, 6) is 0. The van der Waals surface area contributed by atoms with Crippen LogP contribution in [0.4, 0.5) is 17.1 Å². The second kappa shape index (κ2) is 15.0. The average Bonchev–Trinajstić information content (AvgIpc) is 3.31. The Morgan fingerprint density at radius 1 is 0.316 bits per heavy atom. The van der Waals surface area contributed by atoms with Gasteiger partial charge in [-0.15, -0.1) is 0 Å². The maximum absolute atomic E-state index is 9.82. The van der Waals surface area contributed by atoms with Gasteiger partial charge in [0.05, 0.1) is 9.80 Å². The van der Waals surface area contributed by atoms with E-state index in [0.717, 1.165) is 50.3 Å². The first kappa shape index (κ1) is 30.8. The second-order valence-electron chi connectivity index (χ2n) is 14.3. The van der Waals surface area contributed by atoms with Crippen molar-refractivity contribution in [1.29, 1.82) is 0 Å². The number of fused-ring (bicyclic) bond motifs is 2. The van der Waals surface area contributed by atoms with Gasteiger partial charge in [0.1, 0.15) is 0 Å². The lowest BCUT2D eigenvalue weighted by molar-refractivity contribution is 1.28. The van der Waals surface area contributed by atoms with Crippen LogP contribution in [-0.2, 0) is 0 Å². The van der Waals surface area contributed by atoms with Crippen molar-refractivity contribution < 1.29 is 4.11 Å². The molecule has 10 rings (SSSR count). The summed E-state index contributed by atoms with van der Waals surface area (Å²) in [5.41, 5.74) is 11.4. The highest BCUT2D eigenvalue weighted by Crippen LogP contribution is 2.45. The lowest BCUT2D eigenvalue weighted by atomic mass is 9.89. The Balaban J connectivity index is 1.18. The van der Waals surface area contributed by atoms with Crippen molar-refractivity contribution in [2.24, 2.45) is 0 Å². The van der Waals surface area contributed by atoms with Gasteiger partial charge in [-0.1, -0.05) is 194 Å². The van der Waals surface area contributed by atoms with Crippen LogP contribution in [0.1, 0.15) is 4.11 Å². The smallest absolute Gasteiger partial charge is 0.0645 e. The summed E-state index contributed by atoms with van der Waals surface area (Å²) in [6.45, 7) is 0. The second-order valence-corrected chi connectivity index (χ2v) is 14.3. The summed E-state index contributed by atoms with van der Waals surface area (Å²) in [4.78, 5) is 2.06. The normalized spacial score (nSPS) is 11.9. The van der Waals surface area contributed by atoms with Crippen LogP contribution in [0.5, 0.6) is 0 Å². The molecule has 0 N–H and O–H groups in total. The molecule has 10 aromatic carbocycles. The van der Waals surface area contributed by atoms with Crippen LogP contribution in [0.15, 0.2) is 237 Å². The molecule has 0 aliphatic heterocycles. The Morgan fingerprint density at radius 3 is 1.49 bits per heavy atom. The van der Waals surface area contributed by atoms with E-state index in [2.05, 4.69) is 157 Å². The minimum atomic E-state index is 0.0129. The van der Waals surface area contributed by atoms with Crippen molar-refractivity contribution in [3.8, 4) is 55.6 Å². The van der Waals surface area contributed by atoms with Crippen LogP contribution in [0.25, 0.3) is 77.2 Å². The van der Waals surface area contributed by atoms with Crippen molar-refractivity contribution in [3.63, 3.8) is 0 Å². The lowest BCUT2D eigenvalue weighted by Gasteiger charge is -2.29. The SMILES string of the molecule is [2H]c1c([2H])c(N(c2ccc(-c3ccc4ccccc4c3)cc2)c2ccc(-c3ccc4ccccc4c3-c3ccccc3)cc2)c(-c2ccccc2)c([2H])c1-c1ccccc1. The molecule has 0 radical (unpaired) electrons. The monoisotopic (exact) mass is 728 g/mol. The zero-order valence-corrected chi connectivity index (χ0v) is 31.2. The molecule has 0 saturated carbocycles. The van der Waals surface area contributed by atoms with Crippen LogP contribution in [0.2, 0.25) is 0 Å². The minimum absolute atomic E-state index is 0.0129. The first-order chi connectivity index (χ1) is 29.5. The van der Waals surface area contributed by atoms with Crippen LogP contribution in [0.3, 0.4) is 0 Å². The highest BCUT2D eigenvalue weighted by Gasteiger charge is 2.20. The van der Waals surface area contributed by atoms with Gasteiger partial charge in [-0.25, -0.2) is 0 Å². The highest BCUT2D eigenvalue weighted by atomic mass is 15.1. The quantitative estimate of drug-likeness (QED) is 0.151. The van der Waals surface area contributed by atoms with Crippen LogP contribution in [0, 0.1) is 0 Å². The topological polar surface area (TPSA) is 3.24 Å². The maximum atomic E-state index is 9.82. The molecule has 0 fully saturated rings. The Hall–Kier alpha value is -7.48. The van der Waals surface area contributed by atoms with Crippen LogP contribution in [-0.4, -0.2) is 0 Å². The number of hydrogen-bond acceptors (Lipinski definition) is 1. The van der Waals surface area contributed by atoms with E-state index in [9.17, 15) is 4.11 Å². The summed E-state index contributed by atoms with van der Waals surface area (Å²) in [6.07, 6.45) is 0. The van der Waals surface area contributed by atoms with E-state index in [-0.39, 0.29) is 18.1 Å². The molecular formula is C56H39N. The minimum Gasteiger partial charge on any atom is -0.310 e. The van der Waals surface area contributed by atoms with E-state index in [1.807, 2.05) is 66.7 Å². The molecule has 0 aliphatic rings. The van der Waals surface area contributed by atoms with Gasteiger partial charge in [-0.3, -0.25) is 0 Å². The van der Waals surface area contributed by atoms with E-state index in [4.69, 9.17) is 0 Å². The van der Waals surface area contributed by atoms with Gasteiger partial charge in [0.2, 0.25) is 0 Å². The van der Waals surface area contributed by atoms with Crippen molar-refractivity contribution in [2.75, 3.05) is 4.90 Å². The number of benzene rings is 10. The largest absolute Gasteiger partial charge is 0.310 e. The molecule has 57 heavy (non-hydrogen) atoms. The molecule has 0 aromatic heterocycles. The third-order valence-corrected chi connectivity index (χ3v) is 10.8. The first-order valence-corrected chi connectivity index (χ1v) is 19.3. The predicted octanol–water partition coefficient (Wildman–Crippen LogP) is 15.8. The molecule has 268 valence electrons. The molecular weight excluding hydrogens is 687 g/mol. The predicted molar refractivity (Wildman–Crippen MR) is 243 cm³/mol. The van der Waals surface area contributed by atoms with Gasteiger partial charge in [0.25, 0.3) is 0 Å². The summed E-state index contributed by atoms with van der Waals surface area (Å²) >= 11 is 0. The number of rotatable bonds is 8. The number of nitrogens with zero attached hydrogens (tertiary/aromatic N) is 1. The Labute approximate surface area is 338 Å². The average molecular weight is 729 g/mol. The maximum Gasteiger partial charge on any atom is 0.0645 e. The summed E-state index contributed by atoms with van der Waals surface area (Å²) < 4.78 is 29.1. The fourth-order valence-corrected chi connectivity index (χ4v) is 7.93. The lowest BCUT2D eigenvalue weighted by Crippen LogP contribution is -2.11. The summed E-state index contributed by atoms with van der Waals surface area (Å²) in [5, 5.41) is 4.75. The molecule has 0 spiro atoms. The van der Waals surface area contributed by atoms with Gasteiger partial charge < -0.3 is 4.90 Å². The Kier molecular flexibility index (Phi) is 8.10. The van der Waals surface area contributed by atoms with Gasteiger partial charge in [0.15, 0.2) is 0 Å². The third kappa shape index (κ3) is 6.66. The molecule has 1 heteroatoms.